The van der Waals surface area contributed by atoms with E-state index in [1.54, 1.807) is 23.7 Å². The van der Waals surface area contributed by atoms with E-state index in [-0.39, 0.29) is 35.1 Å². The lowest BCUT2D eigenvalue weighted by molar-refractivity contribution is 0.468. The number of hydrogen-bond acceptors (Lipinski definition) is 4. The highest BCUT2D eigenvalue weighted by Crippen LogP contribution is 2.34. The first kappa shape index (κ1) is 20.8. The fraction of sp³-hybridized carbons (Fsp3) is 0.250. The normalized spacial score (nSPS) is 19.9. The molecular weight excluding hydrogens is 434 g/mol. The molecule has 158 valence electrons. The zero-order chi connectivity index (χ0) is 21.5. The highest BCUT2D eigenvalue weighted by molar-refractivity contribution is 7.89. The second kappa shape index (κ2) is 7.98. The van der Waals surface area contributed by atoms with Crippen LogP contribution >= 0.6 is 11.6 Å². The van der Waals surface area contributed by atoms with E-state index in [1.165, 1.54) is 47.2 Å². The third-order valence-electron chi connectivity index (χ3n) is 5.12. The number of rotatable bonds is 5. The molecule has 0 saturated carbocycles. The molecule has 1 fully saturated rings. The maximum Gasteiger partial charge on any atom is 0.262 e. The number of aromatic nitrogens is 2. The van der Waals surface area contributed by atoms with E-state index in [9.17, 15) is 17.2 Å². The van der Waals surface area contributed by atoms with Crippen LogP contribution in [0, 0.1) is 11.6 Å². The van der Waals surface area contributed by atoms with Gasteiger partial charge in [-0.1, -0.05) is 23.7 Å². The quantitative estimate of drug-likeness (QED) is 0.642. The lowest BCUT2D eigenvalue weighted by atomic mass is 9.94. The third-order valence-corrected chi connectivity index (χ3v) is 7.13. The first-order valence-electron chi connectivity index (χ1n) is 9.19. The molecule has 1 aromatic heterocycles. The van der Waals surface area contributed by atoms with Gasteiger partial charge in [-0.3, -0.25) is 0 Å². The molecule has 1 N–H and O–H groups in total. The van der Waals surface area contributed by atoms with Crippen LogP contribution in [0.5, 0.6) is 0 Å². The smallest absolute Gasteiger partial charge is 0.262 e. The fourth-order valence-corrected chi connectivity index (χ4v) is 5.28. The second-order valence-electron chi connectivity index (χ2n) is 7.24. The Labute approximate surface area is 178 Å². The van der Waals surface area contributed by atoms with Gasteiger partial charge in [0.2, 0.25) is 0 Å². The third kappa shape index (κ3) is 4.05. The largest absolute Gasteiger partial charge is 0.380 e. The number of benzene rings is 2. The predicted octanol–water partition coefficient (Wildman–Crippen LogP) is 3.62. The fourth-order valence-electron chi connectivity index (χ4n) is 3.64. The molecule has 6 nitrogen and oxygen atoms in total. The van der Waals surface area contributed by atoms with E-state index < -0.39 is 21.7 Å². The van der Waals surface area contributed by atoms with Crippen LogP contribution in [0.3, 0.4) is 0 Å². The SMILES string of the molecule is Cn1cnc(S(=O)(=O)N2C[C@H](Nc3ccc(F)c(Cl)c3)[C@@H](c3cccc(F)c3)C2)c1. The number of halogens is 3. The van der Waals surface area contributed by atoms with Crippen molar-refractivity contribution < 1.29 is 17.2 Å². The average Bonchev–Trinajstić information content (AvgIpc) is 3.32. The van der Waals surface area contributed by atoms with Crippen molar-refractivity contribution in [3.63, 3.8) is 0 Å². The summed E-state index contributed by atoms with van der Waals surface area (Å²) in [7, 11) is -2.14. The van der Waals surface area contributed by atoms with Gasteiger partial charge in [0.1, 0.15) is 11.6 Å². The molecule has 2 heterocycles. The molecule has 10 heteroatoms. The van der Waals surface area contributed by atoms with E-state index in [0.717, 1.165) is 0 Å². The molecule has 0 amide bonds. The van der Waals surface area contributed by atoms with Gasteiger partial charge in [0.25, 0.3) is 10.0 Å². The van der Waals surface area contributed by atoms with Crippen molar-refractivity contribution >= 4 is 27.3 Å². The summed E-state index contributed by atoms with van der Waals surface area (Å²) in [5, 5.41) is 3.14. The molecule has 30 heavy (non-hydrogen) atoms. The van der Waals surface area contributed by atoms with Crippen molar-refractivity contribution in [1.82, 2.24) is 13.9 Å². The van der Waals surface area contributed by atoms with E-state index >= 15 is 0 Å². The number of sulfonamides is 1. The van der Waals surface area contributed by atoms with Crippen molar-refractivity contribution in [2.45, 2.75) is 17.0 Å². The summed E-state index contributed by atoms with van der Waals surface area (Å²) in [6, 6.07) is 9.90. The summed E-state index contributed by atoms with van der Waals surface area (Å²) in [4.78, 5) is 3.97. The first-order valence-corrected chi connectivity index (χ1v) is 11.0. The molecule has 0 spiro atoms. The van der Waals surface area contributed by atoms with Gasteiger partial charge in [0.05, 0.1) is 11.3 Å². The Balaban J connectivity index is 1.67. The minimum Gasteiger partial charge on any atom is -0.380 e. The van der Waals surface area contributed by atoms with Crippen molar-refractivity contribution in [3.05, 3.63) is 77.2 Å². The van der Waals surface area contributed by atoms with Crippen LogP contribution in [-0.2, 0) is 17.1 Å². The first-order chi connectivity index (χ1) is 14.2. The lowest BCUT2D eigenvalue weighted by Gasteiger charge is -2.21. The van der Waals surface area contributed by atoms with Crippen molar-refractivity contribution in [2.75, 3.05) is 18.4 Å². The van der Waals surface area contributed by atoms with E-state index in [0.29, 0.717) is 11.3 Å². The number of nitrogens with zero attached hydrogens (tertiary/aromatic N) is 3. The number of imidazole rings is 1. The zero-order valence-corrected chi connectivity index (χ0v) is 17.5. The van der Waals surface area contributed by atoms with Gasteiger partial charge < -0.3 is 9.88 Å². The van der Waals surface area contributed by atoms with Crippen molar-refractivity contribution in [3.8, 4) is 0 Å². The van der Waals surface area contributed by atoms with Crippen molar-refractivity contribution in [2.24, 2.45) is 7.05 Å². The minimum absolute atomic E-state index is 0.0433. The van der Waals surface area contributed by atoms with Gasteiger partial charge in [-0.15, -0.1) is 0 Å². The van der Waals surface area contributed by atoms with Crippen molar-refractivity contribution in [1.29, 1.82) is 0 Å². The number of aryl methyl sites for hydroxylation is 1. The molecule has 0 unspecified atom stereocenters. The molecule has 1 saturated heterocycles. The van der Waals surface area contributed by atoms with Crippen LogP contribution in [0.1, 0.15) is 11.5 Å². The Hall–Kier alpha value is -2.49. The predicted molar refractivity (Wildman–Crippen MR) is 110 cm³/mol. The summed E-state index contributed by atoms with van der Waals surface area (Å²) < 4.78 is 56.4. The molecule has 4 rings (SSSR count). The molecule has 0 radical (unpaired) electrons. The Bertz CT molecular complexity index is 1190. The summed E-state index contributed by atoms with van der Waals surface area (Å²) in [5.41, 5.74) is 1.21. The zero-order valence-electron chi connectivity index (χ0n) is 16.0. The Morgan fingerprint density at radius 2 is 1.97 bits per heavy atom. The maximum atomic E-state index is 13.8. The van der Waals surface area contributed by atoms with Gasteiger partial charge >= 0.3 is 0 Å². The second-order valence-corrected chi connectivity index (χ2v) is 9.53. The standard InChI is InChI=1S/C20H19ClF2N4O2S/c1-26-11-20(24-12-26)30(28,29)27-9-16(13-3-2-4-14(22)7-13)19(10-27)25-15-5-6-18(23)17(21)8-15/h2-8,11-12,16,19,25H,9-10H2,1H3/t16-,19+/m1/s1. The lowest BCUT2D eigenvalue weighted by Crippen LogP contribution is -2.32. The van der Waals surface area contributed by atoms with Crippen LogP contribution < -0.4 is 5.32 Å². The van der Waals surface area contributed by atoms with Crippen LogP contribution in [0.25, 0.3) is 0 Å². The van der Waals surface area contributed by atoms with E-state index in [4.69, 9.17) is 11.6 Å². The maximum absolute atomic E-state index is 13.8. The van der Waals surface area contributed by atoms with Gasteiger partial charge in [-0.05, 0) is 35.9 Å². The Kier molecular flexibility index (Phi) is 5.52. The van der Waals surface area contributed by atoms with Crippen LogP contribution in [0.15, 0.2) is 60.0 Å². The molecule has 0 aliphatic carbocycles. The van der Waals surface area contributed by atoms with Gasteiger partial charge in [-0.2, -0.15) is 4.31 Å². The summed E-state index contributed by atoms with van der Waals surface area (Å²) in [5.74, 6) is -1.28. The van der Waals surface area contributed by atoms with Crippen LogP contribution in [0.2, 0.25) is 5.02 Å². The van der Waals surface area contributed by atoms with Crippen LogP contribution in [-0.4, -0.2) is 41.4 Å². The van der Waals surface area contributed by atoms with Gasteiger partial charge in [0, 0.05) is 44.0 Å². The molecule has 0 bridgehead atoms. The van der Waals surface area contributed by atoms with E-state index in [2.05, 4.69) is 10.3 Å². The molecule has 3 aromatic rings. The van der Waals surface area contributed by atoms with E-state index in [1.807, 2.05) is 0 Å². The highest BCUT2D eigenvalue weighted by Gasteiger charge is 2.41. The summed E-state index contributed by atoms with van der Waals surface area (Å²) in [6.45, 7) is 0.282. The Morgan fingerprint density at radius 1 is 1.17 bits per heavy atom. The number of hydrogen-bond donors (Lipinski definition) is 1. The average molecular weight is 453 g/mol. The molecule has 1 aliphatic heterocycles. The van der Waals surface area contributed by atoms with Gasteiger partial charge in [0.15, 0.2) is 5.03 Å². The molecular formula is C20H19ClF2N4O2S. The topological polar surface area (TPSA) is 67.2 Å². The number of anilines is 1. The van der Waals surface area contributed by atoms with Gasteiger partial charge in [-0.25, -0.2) is 22.2 Å². The Morgan fingerprint density at radius 3 is 2.63 bits per heavy atom. The number of nitrogens with one attached hydrogen (secondary N) is 1. The summed E-state index contributed by atoms with van der Waals surface area (Å²) >= 11 is 5.88. The highest BCUT2D eigenvalue weighted by atomic mass is 35.5. The minimum atomic E-state index is -3.83. The van der Waals surface area contributed by atoms with Crippen LogP contribution in [0.4, 0.5) is 14.5 Å². The monoisotopic (exact) mass is 452 g/mol. The summed E-state index contributed by atoms with van der Waals surface area (Å²) in [6.07, 6.45) is 2.86. The molecule has 2 atom stereocenters. The molecule has 1 aliphatic rings. The molecule has 2 aromatic carbocycles.